The highest BCUT2D eigenvalue weighted by molar-refractivity contribution is 6.36. The maximum atomic E-state index is 6.57. The van der Waals surface area contributed by atoms with E-state index in [0.717, 1.165) is 29.6 Å². The van der Waals surface area contributed by atoms with E-state index in [0.29, 0.717) is 34.8 Å². The predicted octanol–water partition coefficient (Wildman–Crippen LogP) is 6.63. The van der Waals surface area contributed by atoms with Gasteiger partial charge in [0.2, 0.25) is 0 Å². The van der Waals surface area contributed by atoms with Crippen molar-refractivity contribution < 1.29 is 4.74 Å². The lowest BCUT2D eigenvalue weighted by Crippen LogP contribution is -2.08. The molecule has 0 saturated heterocycles. The second-order valence-corrected chi connectivity index (χ2v) is 8.13. The number of aromatic nitrogens is 7. The van der Waals surface area contributed by atoms with Crippen LogP contribution in [0.4, 0.5) is 17.5 Å². The van der Waals surface area contributed by atoms with Gasteiger partial charge in [0.15, 0.2) is 5.82 Å². The minimum absolute atomic E-state index is 0.160. The molecule has 37 heavy (non-hydrogen) atoms. The molecule has 1 aromatic carbocycles. The number of nitrogens with one attached hydrogen (secondary N) is 4. The van der Waals surface area contributed by atoms with Gasteiger partial charge < -0.3 is 24.9 Å². The molecule has 192 valence electrons. The molecule has 0 atom stereocenters. The first kappa shape index (κ1) is 25.8. The summed E-state index contributed by atoms with van der Waals surface area (Å²) in [6.07, 6.45) is 12.1. The molecule has 4 aromatic heterocycles. The average Bonchev–Trinajstić information content (AvgIpc) is 3.68. The Morgan fingerprint density at radius 1 is 1.11 bits per heavy atom. The summed E-state index contributed by atoms with van der Waals surface area (Å²) in [4.78, 5) is 16.3. The van der Waals surface area contributed by atoms with E-state index in [1.54, 1.807) is 18.6 Å². The summed E-state index contributed by atoms with van der Waals surface area (Å²) in [6, 6.07) is 9.45. The van der Waals surface area contributed by atoms with Crippen LogP contribution >= 0.6 is 11.6 Å². The van der Waals surface area contributed by atoms with E-state index in [1.807, 2.05) is 74.1 Å². The van der Waals surface area contributed by atoms with Crippen molar-refractivity contribution in [2.24, 2.45) is 0 Å². The highest BCUT2D eigenvalue weighted by Gasteiger charge is 2.13. The Bertz CT molecular complexity index is 1440. The molecular weight excluding hydrogens is 490 g/mol. The van der Waals surface area contributed by atoms with Gasteiger partial charge in [-0.2, -0.15) is 15.1 Å². The number of aromatic amines is 2. The largest absolute Gasteiger partial charge is 0.423 e. The van der Waals surface area contributed by atoms with Crippen molar-refractivity contribution >= 4 is 46.0 Å². The normalized spacial score (nSPS) is 10.9. The molecular formula is C26H30ClN9O. The van der Waals surface area contributed by atoms with E-state index >= 15 is 0 Å². The van der Waals surface area contributed by atoms with E-state index in [9.17, 15) is 0 Å². The smallest absolute Gasteiger partial charge is 0.325 e. The molecule has 0 aliphatic heterocycles. The number of imidazole rings is 1. The topological polar surface area (TPSA) is 121 Å². The summed E-state index contributed by atoms with van der Waals surface area (Å²) in [6.45, 7) is 7.50. The SMILES string of the molecule is C/C=C/c1cc(Nc2cc(NCCCn3ccnc3)nc(Oc3ccc4[nH]ccc4c3Cl)n2)n[nH]1.CC. The minimum Gasteiger partial charge on any atom is -0.423 e. The Balaban J connectivity index is 0.00000156. The van der Waals surface area contributed by atoms with Crippen molar-refractivity contribution in [1.29, 1.82) is 0 Å². The van der Waals surface area contributed by atoms with E-state index in [-0.39, 0.29) is 6.01 Å². The van der Waals surface area contributed by atoms with Crippen molar-refractivity contribution in [1.82, 2.24) is 34.7 Å². The van der Waals surface area contributed by atoms with Gasteiger partial charge >= 0.3 is 6.01 Å². The third kappa shape index (κ3) is 6.68. The summed E-state index contributed by atoms with van der Waals surface area (Å²) in [5, 5.41) is 15.1. The lowest BCUT2D eigenvalue weighted by molar-refractivity contribution is 0.444. The molecule has 11 heteroatoms. The number of hydrogen-bond donors (Lipinski definition) is 4. The Kier molecular flexibility index (Phi) is 8.77. The number of aryl methyl sites for hydroxylation is 1. The Labute approximate surface area is 220 Å². The lowest BCUT2D eigenvalue weighted by Gasteiger charge is -2.12. The number of hydrogen-bond acceptors (Lipinski definition) is 7. The molecule has 0 spiro atoms. The number of fused-ring (bicyclic) bond motifs is 1. The molecule has 10 nitrogen and oxygen atoms in total. The molecule has 5 aromatic rings. The van der Waals surface area contributed by atoms with Crippen LogP contribution in [0, 0.1) is 0 Å². The monoisotopic (exact) mass is 519 g/mol. The number of halogens is 1. The highest BCUT2D eigenvalue weighted by Crippen LogP contribution is 2.35. The molecule has 0 saturated carbocycles. The van der Waals surface area contributed by atoms with E-state index in [4.69, 9.17) is 16.3 Å². The zero-order valence-corrected chi connectivity index (χ0v) is 21.8. The summed E-state index contributed by atoms with van der Waals surface area (Å²) >= 11 is 6.57. The van der Waals surface area contributed by atoms with Gasteiger partial charge in [0.25, 0.3) is 0 Å². The van der Waals surface area contributed by atoms with Gasteiger partial charge in [-0.15, -0.1) is 0 Å². The molecule has 5 rings (SSSR count). The third-order valence-electron chi connectivity index (χ3n) is 5.20. The zero-order chi connectivity index (χ0) is 26.0. The van der Waals surface area contributed by atoms with Gasteiger partial charge in [-0.25, -0.2) is 4.98 Å². The molecule has 0 bridgehead atoms. The van der Waals surface area contributed by atoms with Crippen LogP contribution in [-0.4, -0.2) is 41.2 Å². The van der Waals surface area contributed by atoms with Crippen LogP contribution in [0.15, 0.2) is 61.3 Å². The van der Waals surface area contributed by atoms with Crippen LogP contribution < -0.4 is 15.4 Å². The molecule has 0 amide bonds. The fraction of sp³-hybridized carbons (Fsp3) is 0.231. The zero-order valence-electron chi connectivity index (χ0n) is 21.0. The predicted molar refractivity (Wildman–Crippen MR) is 149 cm³/mol. The molecule has 0 aliphatic carbocycles. The van der Waals surface area contributed by atoms with Gasteiger partial charge in [-0.3, -0.25) is 5.10 Å². The van der Waals surface area contributed by atoms with Crippen molar-refractivity contribution in [3.05, 3.63) is 72.0 Å². The molecule has 4 heterocycles. The first-order valence-corrected chi connectivity index (χ1v) is 12.5. The minimum atomic E-state index is 0.160. The summed E-state index contributed by atoms with van der Waals surface area (Å²) in [5.41, 5.74) is 1.80. The fourth-order valence-corrected chi connectivity index (χ4v) is 3.84. The number of rotatable bonds is 10. The van der Waals surface area contributed by atoms with Crippen molar-refractivity contribution in [3.8, 4) is 11.8 Å². The first-order chi connectivity index (χ1) is 18.2. The van der Waals surface area contributed by atoms with Crippen molar-refractivity contribution in [2.45, 2.75) is 33.7 Å². The average molecular weight is 520 g/mol. The first-order valence-electron chi connectivity index (χ1n) is 12.2. The second kappa shape index (κ2) is 12.6. The maximum absolute atomic E-state index is 6.57. The maximum Gasteiger partial charge on any atom is 0.325 e. The van der Waals surface area contributed by atoms with Crippen LogP contribution in [0.25, 0.3) is 17.0 Å². The number of anilines is 3. The number of allylic oxidation sites excluding steroid dienone is 1. The quantitative estimate of drug-likeness (QED) is 0.153. The number of nitrogens with zero attached hydrogens (tertiary/aromatic N) is 5. The number of ether oxygens (including phenoxy) is 1. The highest BCUT2D eigenvalue weighted by atomic mass is 35.5. The fourth-order valence-electron chi connectivity index (χ4n) is 3.57. The summed E-state index contributed by atoms with van der Waals surface area (Å²) < 4.78 is 8.04. The summed E-state index contributed by atoms with van der Waals surface area (Å²) in [7, 11) is 0. The molecule has 4 N–H and O–H groups in total. The van der Waals surface area contributed by atoms with Gasteiger partial charge in [-0.1, -0.05) is 31.5 Å². The van der Waals surface area contributed by atoms with Crippen molar-refractivity contribution in [2.75, 3.05) is 17.2 Å². The Morgan fingerprint density at radius 3 is 2.78 bits per heavy atom. The van der Waals surface area contributed by atoms with Gasteiger partial charge in [0.1, 0.15) is 17.4 Å². The van der Waals surface area contributed by atoms with Gasteiger partial charge in [-0.05, 0) is 37.6 Å². The summed E-state index contributed by atoms with van der Waals surface area (Å²) in [5.74, 6) is 2.24. The molecule has 0 radical (unpaired) electrons. The van der Waals surface area contributed by atoms with Crippen molar-refractivity contribution in [3.63, 3.8) is 0 Å². The van der Waals surface area contributed by atoms with E-state index in [2.05, 4.69) is 40.8 Å². The number of benzene rings is 1. The molecule has 0 unspecified atom stereocenters. The van der Waals surface area contributed by atoms with Crippen LogP contribution in [0.2, 0.25) is 5.02 Å². The Hall–Kier alpha value is -4.31. The van der Waals surface area contributed by atoms with Gasteiger partial charge in [0, 0.05) is 54.7 Å². The van der Waals surface area contributed by atoms with Crippen LogP contribution in [-0.2, 0) is 6.54 Å². The Morgan fingerprint density at radius 2 is 1.97 bits per heavy atom. The molecule has 0 fully saturated rings. The van der Waals surface area contributed by atoms with Gasteiger partial charge in [0.05, 0.1) is 17.0 Å². The van der Waals surface area contributed by atoms with E-state index < -0.39 is 0 Å². The number of H-pyrrole nitrogens is 2. The third-order valence-corrected chi connectivity index (χ3v) is 5.59. The van der Waals surface area contributed by atoms with Crippen LogP contribution in [0.1, 0.15) is 32.9 Å². The molecule has 0 aliphatic rings. The van der Waals surface area contributed by atoms with E-state index in [1.165, 1.54) is 0 Å². The van der Waals surface area contributed by atoms with Crippen LogP contribution in [0.5, 0.6) is 11.8 Å². The second-order valence-electron chi connectivity index (χ2n) is 7.75. The van der Waals surface area contributed by atoms with Crippen LogP contribution in [0.3, 0.4) is 0 Å². The lowest BCUT2D eigenvalue weighted by atomic mass is 10.2. The standard InChI is InChI=1S/C24H24ClN9O.C2H6/c1-2-4-16-13-22(33-32-16)29-21-14-20(28-8-3-11-34-12-10-26-15-34)30-24(31-21)35-19-6-5-18-17(23(19)25)7-9-27-18;1-2/h2,4-7,9-10,12-15,27H,3,8,11H2,1H3,(H3,28,29,30,31,32,33);1-2H3/b4-2+;.